The molecule has 0 unspecified atom stereocenters. The highest BCUT2D eigenvalue weighted by Gasteiger charge is 2.26. The van der Waals surface area contributed by atoms with Crippen LogP contribution in [0.1, 0.15) is 19.4 Å². The summed E-state index contributed by atoms with van der Waals surface area (Å²) < 4.78 is 16.1. The van der Waals surface area contributed by atoms with Crippen molar-refractivity contribution in [2.24, 2.45) is 0 Å². The Labute approximate surface area is 181 Å². The highest BCUT2D eigenvalue weighted by molar-refractivity contribution is 6.30. The van der Waals surface area contributed by atoms with Gasteiger partial charge >= 0.3 is 0 Å². The van der Waals surface area contributed by atoms with E-state index in [1.807, 2.05) is 19.1 Å². The number of nitrogens with zero attached hydrogens (tertiary/aromatic N) is 1. The van der Waals surface area contributed by atoms with Crippen molar-refractivity contribution in [2.75, 3.05) is 27.4 Å². The molecule has 0 bridgehead atoms. The predicted molar refractivity (Wildman–Crippen MR) is 115 cm³/mol. The summed E-state index contributed by atoms with van der Waals surface area (Å²) >= 11 is 5.95. The molecule has 7 nitrogen and oxygen atoms in total. The Kier molecular flexibility index (Phi) is 8.80. The first-order valence-electron chi connectivity index (χ1n) is 9.55. The molecule has 0 heterocycles. The van der Waals surface area contributed by atoms with E-state index >= 15 is 0 Å². The van der Waals surface area contributed by atoms with Crippen LogP contribution in [0.3, 0.4) is 0 Å². The van der Waals surface area contributed by atoms with Gasteiger partial charge in [0, 0.05) is 36.3 Å². The third kappa shape index (κ3) is 6.56. The molecule has 0 fully saturated rings. The molecular weight excluding hydrogens is 408 g/mol. The predicted octanol–water partition coefficient (Wildman–Crippen LogP) is 3.29. The standard InChI is InChI=1S/C22H27ClN2O5/c1-5-24-22(27)15(2)25(13-16-6-8-17(23)9-7-16)21(26)14-30-20-11-18(28-3)10-19(12-20)29-4/h6-12,15H,5,13-14H2,1-4H3,(H,24,27)/t15-/m1/s1. The molecule has 0 aromatic heterocycles. The summed E-state index contributed by atoms with van der Waals surface area (Å²) in [6.45, 7) is 4.00. The molecule has 0 spiro atoms. The maximum absolute atomic E-state index is 13.0. The van der Waals surface area contributed by atoms with E-state index < -0.39 is 6.04 Å². The summed E-state index contributed by atoms with van der Waals surface area (Å²) in [4.78, 5) is 26.8. The Morgan fingerprint density at radius 3 is 2.13 bits per heavy atom. The molecule has 2 aromatic carbocycles. The van der Waals surface area contributed by atoms with Crippen molar-refractivity contribution in [3.05, 3.63) is 53.1 Å². The summed E-state index contributed by atoms with van der Waals surface area (Å²) in [6, 6.07) is 11.5. The number of rotatable bonds is 10. The van der Waals surface area contributed by atoms with E-state index in [-0.39, 0.29) is 25.0 Å². The van der Waals surface area contributed by atoms with Gasteiger partial charge in [0.25, 0.3) is 5.91 Å². The van der Waals surface area contributed by atoms with Gasteiger partial charge in [-0.3, -0.25) is 9.59 Å². The van der Waals surface area contributed by atoms with Gasteiger partial charge in [0.05, 0.1) is 14.2 Å². The van der Waals surface area contributed by atoms with Crippen LogP contribution >= 0.6 is 11.6 Å². The number of carbonyl (C=O) groups excluding carboxylic acids is 2. The minimum atomic E-state index is -0.670. The Morgan fingerprint density at radius 2 is 1.60 bits per heavy atom. The lowest BCUT2D eigenvalue weighted by Gasteiger charge is -2.28. The maximum atomic E-state index is 13.0. The first-order chi connectivity index (χ1) is 14.4. The molecule has 0 saturated carbocycles. The molecule has 8 heteroatoms. The fourth-order valence-corrected chi connectivity index (χ4v) is 2.91. The number of likely N-dealkylation sites (N-methyl/N-ethyl adjacent to an activating group) is 1. The van der Waals surface area contributed by atoms with Gasteiger partial charge in [-0.05, 0) is 31.5 Å². The normalized spacial score (nSPS) is 11.4. The van der Waals surface area contributed by atoms with Crippen molar-refractivity contribution in [2.45, 2.75) is 26.4 Å². The van der Waals surface area contributed by atoms with Crippen molar-refractivity contribution in [1.29, 1.82) is 0 Å². The Balaban J connectivity index is 2.17. The quantitative estimate of drug-likeness (QED) is 0.621. The highest BCUT2D eigenvalue weighted by atomic mass is 35.5. The lowest BCUT2D eigenvalue weighted by atomic mass is 10.1. The Hall–Kier alpha value is -2.93. The molecular formula is C22H27ClN2O5. The number of halogens is 1. The van der Waals surface area contributed by atoms with E-state index in [2.05, 4.69) is 5.32 Å². The van der Waals surface area contributed by atoms with Crippen LogP contribution in [-0.4, -0.2) is 50.1 Å². The average molecular weight is 435 g/mol. The summed E-state index contributed by atoms with van der Waals surface area (Å²) in [6.07, 6.45) is 0. The molecule has 2 aromatic rings. The van der Waals surface area contributed by atoms with Crippen molar-refractivity contribution in [3.63, 3.8) is 0 Å². The van der Waals surface area contributed by atoms with Crippen LogP contribution in [0.5, 0.6) is 17.2 Å². The molecule has 0 aliphatic rings. The van der Waals surface area contributed by atoms with Gasteiger partial charge < -0.3 is 24.4 Å². The van der Waals surface area contributed by atoms with E-state index in [0.29, 0.717) is 28.8 Å². The second-order valence-electron chi connectivity index (χ2n) is 6.56. The molecule has 2 amide bonds. The lowest BCUT2D eigenvalue weighted by Crippen LogP contribution is -2.49. The minimum Gasteiger partial charge on any atom is -0.496 e. The Morgan fingerprint density at radius 1 is 1.03 bits per heavy atom. The van der Waals surface area contributed by atoms with Gasteiger partial charge in [-0.1, -0.05) is 23.7 Å². The number of hydrogen-bond acceptors (Lipinski definition) is 5. The topological polar surface area (TPSA) is 77.1 Å². The minimum absolute atomic E-state index is 0.233. The molecule has 1 atom stereocenters. The van der Waals surface area contributed by atoms with E-state index in [4.69, 9.17) is 25.8 Å². The van der Waals surface area contributed by atoms with Crippen LogP contribution in [0.15, 0.2) is 42.5 Å². The zero-order valence-corrected chi connectivity index (χ0v) is 18.4. The summed E-state index contributed by atoms with van der Waals surface area (Å²) in [5.74, 6) is 0.959. The largest absolute Gasteiger partial charge is 0.496 e. The third-order valence-electron chi connectivity index (χ3n) is 4.47. The summed E-state index contributed by atoms with van der Waals surface area (Å²) in [5.41, 5.74) is 0.854. The molecule has 2 rings (SSSR count). The number of methoxy groups -OCH3 is 2. The second-order valence-corrected chi connectivity index (χ2v) is 6.99. The fraction of sp³-hybridized carbons (Fsp3) is 0.364. The number of nitrogens with one attached hydrogen (secondary N) is 1. The van der Waals surface area contributed by atoms with Crippen LogP contribution in [0.25, 0.3) is 0 Å². The number of carbonyl (C=O) groups is 2. The van der Waals surface area contributed by atoms with Crippen molar-refractivity contribution >= 4 is 23.4 Å². The maximum Gasteiger partial charge on any atom is 0.261 e. The smallest absolute Gasteiger partial charge is 0.261 e. The van der Waals surface area contributed by atoms with Crippen molar-refractivity contribution in [3.8, 4) is 17.2 Å². The molecule has 0 saturated heterocycles. The molecule has 30 heavy (non-hydrogen) atoms. The van der Waals surface area contributed by atoms with Gasteiger partial charge in [0.2, 0.25) is 5.91 Å². The number of benzene rings is 2. The zero-order valence-electron chi connectivity index (χ0n) is 17.6. The second kappa shape index (κ2) is 11.3. The average Bonchev–Trinajstić information content (AvgIpc) is 2.76. The fourth-order valence-electron chi connectivity index (χ4n) is 2.78. The first-order valence-corrected chi connectivity index (χ1v) is 9.93. The third-order valence-corrected chi connectivity index (χ3v) is 4.72. The van der Waals surface area contributed by atoms with E-state index in [0.717, 1.165) is 5.56 Å². The van der Waals surface area contributed by atoms with Gasteiger partial charge in [-0.2, -0.15) is 0 Å². The van der Waals surface area contributed by atoms with Gasteiger partial charge in [-0.25, -0.2) is 0 Å². The van der Waals surface area contributed by atoms with E-state index in [9.17, 15) is 9.59 Å². The van der Waals surface area contributed by atoms with Gasteiger partial charge in [-0.15, -0.1) is 0 Å². The lowest BCUT2D eigenvalue weighted by molar-refractivity contribution is -0.142. The highest BCUT2D eigenvalue weighted by Crippen LogP contribution is 2.27. The van der Waals surface area contributed by atoms with Crippen LogP contribution in [0, 0.1) is 0 Å². The van der Waals surface area contributed by atoms with Crippen LogP contribution in [0.4, 0.5) is 0 Å². The monoisotopic (exact) mass is 434 g/mol. The molecule has 0 radical (unpaired) electrons. The summed E-state index contributed by atoms with van der Waals surface area (Å²) in [7, 11) is 3.07. The molecule has 1 N–H and O–H groups in total. The van der Waals surface area contributed by atoms with Crippen molar-refractivity contribution < 1.29 is 23.8 Å². The molecule has 0 aliphatic carbocycles. The molecule has 162 valence electrons. The van der Waals surface area contributed by atoms with Gasteiger partial charge in [0.15, 0.2) is 6.61 Å². The van der Waals surface area contributed by atoms with E-state index in [1.165, 1.54) is 19.1 Å². The van der Waals surface area contributed by atoms with Crippen LogP contribution in [-0.2, 0) is 16.1 Å². The SMILES string of the molecule is CCNC(=O)[C@@H](C)N(Cc1ccc(Cl)cc1)C(=O)COc1cc(OC)cc(OC)c1. The Bertz CT molecular complexity index is 835. The number of hydrogen-bond donors (Lipinski definition) is 1. The first kappa shape index (κ1) is 23.3. The van der Waals surface area contributed by atoms with Crippen molar-refractivity contribution in [1.82, 2.24) is 10.2 Å². The van der Waals surface area contributed by atoms with Gasteiger partial charge in [0.1, 0.15) is 23.3 Å². The van der Waals surface area contributed by atoms with Crippen LogP contribution < -0.4 is 19.5 Å². The van der Waals surface area contributed by atoms with E-state index in [1.54, 1.807) is 37.3 Å². The molecule has 0 aliphatic heterocycles. The van der Waals surface area contributed by atoms with Crippen LogP contribution in [0.2, 0.25) is 5.02 Å². The summed E-state index contributed by atoms with van der Waals surface area (Å²) in [5, 5.41) is 3.35. The number of amides is 2. The zero-order chi connectivity index (χ0) is 22.1. The number of ether oxygens (including phenoxy) is 3.